The summed E-state index contributed by atoms with van der Waals surface area (Å²) in [6, 6.07) is 16.0. The smallest absolute Gasteiger partial charge is 0.226 e. The average Bonchev–Trinajstić information content (AvgIpc) is 3.32. The molecule has 0 spiro atoms. The first-order valence-electron chi connectivity index (χ1n) is 9.06. The Hall–Kier alpha value is -1.55. The molecule has 1 aliphatic heterocycles. The fourth-order valence-electron chi connectivity index (χ4n) is 4.23. The highest BCUT2D eigenvalue weighted by molar-refractivity contribution is 6.34. The third kappa shape index (κ3) is 3.48. The SMILES string of the molecule is NC[C@@H]1CN(C(=O)C2CC2c2cc(Cl)cc(Cl)c2)C[C@H]1c1ccccc1. The van der Waals surface area contributed by atoms with Crippen LogP contribution in [0, 0.1) is 11.8 Å². The molecule has 1 aliphatic carbocycles. The highest BCUT2D eigenvalue weighted by Crippen LogP contribution is 2.50. The van der Waals surface area contributed by atoms with Crippen molar-refractivity contribution in [3.63, 3.8) is 0 Å². The molecular formula is C21H22Cl2N2O. The van der Waals surface area contributed by atoms with E-state index in [1.165, 1.54) is 5.56 Å². The summed E-state index contributed by atoms with van der Waals surface area (Å²) in [6.45, 7) is 2.10. The van der Waals surface area contributed by atoms with Gasteiger partial charge in [-0.2, -0.15) is 0 Å². The topological polar surface area (TPSA) is 46.3 Å². The van der Waals surface area contributed by atoms with Crippen LogP contribution >= 0.6 is 23.2 Å². The van der Waals surface area contributed by atoms with Crippen LogP contribution in [0.1, 0.15) is 29.4 Å². The zero-order chi connectivity index (χ0) is 18.3. The van der Waals surface area contributed by atoms with Crippen LogP contribution in [0.4, 0.5) is 0 Å². The van der Waals surface area contributed by atoms with E-state index in [0.29, 0.717) is 28.4 Å². The maximum atomic E-state index is 13.0. The van der Waals surface area contributed by atoms with Gasteiger partial charge in [0.2, 0.25) is 5.91 Å². The number of hydrogen-bond acceptors (Lipinski definition) is 2. The zero-order valence-electron chi connectivity index (χ0n) is 14.4. The van der Waals surface area contributed by atoms with E-state index in [1.807, 2.05) is 35.2 Å². The Kier molecular flexibility index (Phi) is 4.96. The summed E-state index contributed by atoms with van der Waals surface area (Å²) in [5, 5.41) is 1.25. The third-order valence-corrected chi connectivity index (χ3v) is 6.14. The maximum absolute atomic E-state index is 13.0. The van der Waals surface area contributed by atoms with Crippen LogP contribution in [0.2, 0.25) is 10.0 Å². The molecular weight excluding hydrogens is 367 g/mol. The summed E-state index contributed by atoms with van der Waals surface area (Å²) < 4.78 is 0. The Morgan fingerprint density at radius 3 is 2.35 bits per heavy atom. The van der Waals surface area contributed by atoms with Crippen LogP contribution in [0.3, 0.4) is 0 Å². The number of halogens is 2. The van der Waals surface area contributed by atoms with Crippen molar-refractivity contribution in [3.05, 3.63) is 69.7 Å². The van der Waals surface area contributed by atoms with Crippen LogP contribution in [-0.4, -0.2) is 30.4 Å². The second-order valence-electron chi connectivity index (χ2n) is 7.41. The van der Waals surface area contributed by atoms with Crippen molar-refractivity contribution in [2.75, 3.05) is 19.6 Å². The number of likely N-dealkylation sites (tertiary alicyclic amines) is 1. The molecule has 26 heavy (non-hydrogen) atoms. The first-order valence-corrected chi connectivity index (χ1v) is 9.82. The summed E-state index contributed by atoms with van der Waals surface area (Å²) >= 11 is 12.2. The van der Waals surface area contributed by atoms with Crippen molar-refractivity contribution < 1.29 is 4.79 Å². The van der Waals surface area contributed by atoms with Gasteiger partial charge in [-0.05, 0) is 54.1 Å². The monoisotopic (exact) mass is 388 g/mol. The molecule has 4 rings (SSSR count). The van der Waals surface area contributed by atoms with Gasteiger partial charge in [-0.15, -0.1) is 0 Å². The van der Waals surface area contributed by atoms with E-state index in [-0.39, 0.29) is 17.7 Å². The highest BCUT2D eigenvalue weighted by atomic mass is 35.5. The number of benzene rings is 2. The van der Waals surface area contributed by atoms with E-state index < -0.39 is 0 Å². The molecule has 1 heterocycles. The van der Waals surface area contributed by atoms with E-state index in [2.05, 4.69) is 12.1 Å². The largest absolute Gasteiger partial charge is 0.341 e. The average molecular weight is 389 g/mol. The molecule has 2 aromatic carbocycles. The second-order valence-corrected chi connectivity index (χ2v) is 8.28. The summed E-state index contributed by atoms with van der Waals surface area (Å²) in [5.41, 5.74) is 8.34. The van der Waals surface area contributed by atoms with E-state index in [0.717, 1.165) is 25.1 Å². The number of carbonyl (C=O) groups is 1. The fraction of sp³-hybridized carbons (Fsp3) is 0.381. The Bertz CT molecular complexity index is 791. The molecule has 2 fully saturated rings. The molecule has 2 N–H and O–H groups in total. The molecule has 1 saturated heterocycles. The predicted molar refractivity (Wildman–Crippen MR) is 106 cm³/mol. The van der Waals surface area contributed by atoms with Crippen molar-refractivity contribution in [3.8, 4) is 0 Å². The molecule has 0 radical (unpaired) electrons. The van der Waals surface area contributed by atoms with Crippen LogP contribution in [-0.2, 0) is 4.79 Å². The Morgan fingerprint density at radius 2 is 1.69 bits per heavy atom. The molecule has 2 aliphatic rings. The highest BCUT2D eigenvalue weighted by Gasteiger charge is 2.48. The number of nitrogens with two attached hydrogens (primary N) is 1. The van der Waals surface area contributed by atoms with Gasteiger partial charge in [0.05, 0.1) is 0 Å². The summed E-state index contributed by atoms with van der Waals surface area (Å²) in [7, 11) is 0. The Labute approximate surface area is 164 Å². The first-order chi connectivity index (χ1) is 12.6. The van der Waals surface area contributed by atoms with Crippen molar-refractivity contribution in [2.24, 2.45) is 17.6 Å². The summed E-state index contributed by atoms with van der Waals surface area (Å²) in [6.07, 6.45) is 0.870. The predicted octanol–water partition coefficient (Wildman–Crippen LogP) is 4.30. The van der Waals surface area contributed by atoms with Crippen molar-refractivity contribution in [1.29, 1.82) is 0 Å². The normalized spacial score (nSPS) is 27.6. The van der Waals surface area contributed by atoms with Crippen LogP contribution in [0.25, 0.3) is 0 Å². The minimum absolute atomic E-state index is 0.0393. The number of nitrogens with zero attached hydrogens (tertiary/aromatic N) is 1. The molecule has 3 nitrogen and oxygen atoms in total. The summed E-state index contributed by atoms with van der Waals surface area (Å²) in [5.74, 6) is 1.15. The van der Waals surface area contributed by atoms with Crippen molar-refractivity contribution in [2.45, 2.75) is 18.3 Å². The molecule has 1 amide bonds. The van der Waals surface area contributed by atoms with Gasteiger partial charge >= 0.3 is 0 Å². The van der Waals surface area contributed by atoms with Gasteiger partial charge in [-0.1, -0.05) is 53.5 Å². The molecule has 4 atom stereocenters. The minimum Gasteiger partial charge on any atom is -0.341 e. The standard InChI is InChI=1S/C21H22Cl2N2O/c22-16-6-14(7-17(23)8-16)18-9-19(18)21(26)25-11-15(10-24)20(12-25)13-4-2-1-3-5-13/h1-8,15,18-20H,9-12,24H2/t15-,18?,19?,20+/m1/s1. The number of amides is 1. The lowest BCUT2D eigenvalue weighted by Crippen LogP contribution is -2.31. The van der Waals surface area contributed by atoms with Gasteiger partial charge in [0, 0.05) is 35.0 Å². The minimum atomic E-state index is 0.0393. The summed E-state index contributed by atoms with van der Waals surface area (Å²) in [4.78, 5) is 15.0. The fourth-order valence-corrected chi connectivity index (χ4v) is 4.77. The lowest BCUT2D eigenvalue weighted by Gasteiger charge is -2.17. The molecule has 0 bridgehead atoms. The molecule has 2 unspecified atom stereocenters. The van der Waals surface area contributed by atoms with Gasteiger partial charge in [0.25, 0.3) is 0 Å². The quantitative estimate of drug-likeness (QED) is 0.848. The van der Waals surface area contributed by atoms with E-state index >= 15 is 0 Å². The van der Waals surface area contributed by atoms with Gasteiger partial charge in [-0.3, -0.25) is 4.79 Å². The van der Waals surface area contributed by atoms with E-state index in [9.17, 15) is 4.79 Å². The van der Waals surface area contributed by atoms with E-state index in [4.69, 9.17) is 28.9 Å². The lowest BCUT2D eigenvalue weighted by atomic mass is 9.89. The van der Waals surface area contributed by atoms with Crippen LogP contribution in [0.5, 0.6) is 0 Å². The van der Waals surface area contributed by atoms with Crippen LogP contribution in [0.15, 0.2) is 48.5 Å². The number of hydrogen-bond donors (Lipinski definition) is 1. The maximum Gasteiger partial charge on any atom is 0.226 e. The van der Waals surface area contributed by atoms with Gasteiger partial charge < -0.3 is 10.6 Å². The third-order valence-electron chi connectivity index (χ3n) is 5.70. The molecule has 0 aromatic heterocycles. The second kappa shape index (κ2) is 7.22. The lowest BCUT2D eigenvalue weighted by molar-refractivity contribution is -0.131. The molecule has 5 heteroatoms. The van der Waals surface area contributed by atoms with Gasteiger partial charge in [0.15, 0.2) is 0 Å². The van der Waals surface area contributed by atoms with Crippen LogP contribution < -0.4 is 5.73 Å². The number of carbonyl (C=O) groups excluding carboxylic acids is 1. The Balaban J connectivity index is 1.46. The molecule has 1 saturated carbocycles. The molecule has 136 valence electrons. The van der Waals surface area contributed by atoms with Crippen molar-refractivity contribution in [1.82, 2.24) is 4.90 Å². The number of rotatable bonds is 4. The first kappa shape index (κ1) is 17.8. The van der Waals surface area contributed by atoms with Gasteiger partial charge in [0.1, 0.15) is 0 Å². The molecule has 2 aromatic rings. The van der Waals surface area contributed by atoms with Crippen molar-refractivity contribution >= 4 is 29.1 Å². The Morgan fingerprint density at radius 1 is 1.00 bits per heavy atom. The van der Waals surface area contributed by atoms with Gasteiger partial charge in [-0.25, -0.2) is 0 Å². The van der Waals surface area contributed by atoms with E-state index in [1.54, 1.807) is 6.07 Å². The zero-order valence-corrected chi connectivity index (χ0v) is 16.0.